The molecule has 0 atom stereocenters. The van der Waals surface area contributed by atoms with Crippen LogP contribution in [0.4, 0.5) is 0 Å². The number of hydrogen-bond acceptors (Lipinski definition) is 4. The lowest BCUT2D eigenvalue weighted by Crippen LogP contribution is -2.00. The number of aromatic nitrogens is 1. The van der Waals surface area contributed by atoms with E-state index >= 15 is 0 Å². The number of ether oxygens (including phenoxy) is 2. The lowest BCUT2D eigenvalue weighted by atomic mass is 9.97. The minimum atomic E-state index is -0.352. The van der Waals surface area contributed by atoms with Gasteiger partial charge in [0.25, 0.3) is 0 Å². The monoisotopic (exact) mass is 293 g/mol. The van der Waals surface area contributed by atoms with E-state index in [4.69, 9.17) is 9.47 Å². The highest BCUT2D eigenvalue weighted by Gasteiger charge is 2.12. The first kappa shape index (κ1) is 14.1. The van der Waals surface area contributed by atoms with Crippen molar-refractivity contribution in [2.75, 3.05) is 14.2 Å². The number of methoxy groups -OCH3 is 2. The molecule has 4 heteroatoms. The molecule has 0 aliphatic heterocycles. The van der Waals surface area contributed by atoms with Crippen LogP contribution in [0, 0.1) is 0 Å². The van der Waals surface area contributed by atoms with E-state index < -0.39 is 0 Å². The standard InChI is InChI=1S/C18H15NO3/c1-21-17-15(7-4-10-19-17)14-6-3-5-12-8-9-13(11-16(12)14)18(20)22-2/h3-11H,1-2H3. The van der Waals surface area contributed by atoms with E-state index in [1.54, 1.807) is 19.4 Å². The number of rotatable bonds is 3. The number of fused-ring (bicyclic) bond motifs is 1. The van der Waals surface area contributed by atoms with Crippen molar-refractivity contribution in [2.45, 2.75) is 0 Å². The lowest BCUT2D eigenvalue weighted by molar-refractivity contribution is 0.0601. The molecule has 0 amide bonds. The summed E-state index contributed by atoms with van der Waals surface area (Å²) in [6, 6.07) is 15.3. The molecule has 2 aromatic carbocycles. The zero-order valence-corrected chi connectivity index (χ0v) is 12.4. The van der Waals surface area contributed by atoms with Crippen LogP contribution >= 0.6 is 0 Å². The predicted molar refractivity (Wildman–Crippen MR) is 85.1 cm³/mol. The Morgan fingerprint density at radius 2 is 1.82 bits per heavy atom. The van der Waals surface area contributed by atoms with Gasteiger partial charge in [-0.2, -0.15) is 0 Å². The van der Waals surface area contributed by atoms with Gasteiger partial charge in [0, 0.05) is 11.8 Å². The summed E-state index contributed by atoms with van der Waals surface area (Å²) >= 11 is 0. The van der Waals surface area contributed by atoms with Crippen LogP contribution in [0.15, 0.2) is 54.7 Å². The maximum absolute atomic E-state index is 11.8. The van der Waals surface area contributed by atoms with Crippen molar-refractivity contribution in [1.82, 2.24) is 4.98 Å². The maximum atomic E-state index is 11.8. The Balaban J connectivity index is 2.27. The molecule has 0 unspecified atom stereocenters. The van der Waals surface area contributed by atoms with Gasteiger partial charge in [0.15, 0.2) is 0 Å². The van der Waals surface area contributed by atoms with Crippen LogP contribution in [0.3, 0.4) is 0 Å². The molecule has 0 saturated carbocycles. The third kappa shape index (κ3) is 2.39. The van der Waals surface area contributed by atoms with Crippen LogP contribution in [0.5, 0.6) is 5.88 Å². The van der Waals surface area contributed by atoms with Crippen LogP contribution in [0.25, 0.3) is 21.9 Å². The fourth-order valence-electron chi connectivity index (χ4n) is 2.51. The Morgan fingerprint density at radius 1 is 1.00 bits per heavy atom. The highest BCUT2D eigenvalue weighted by atomic mass is 16.5. The summed E-state index contributed by atoms with van der Waals surface area (Å²) in [5, 5.41) is 1.99. The van der Waals surface area contributed by atoms with Crippen molar-refractivity contribution in [2.24, 2.45) is 0 Å². The molecular weight excluding hydrogens is 278 g/mol. The molecule has 0 bridgehead atoms. The Bertz CT molecular complexity index is 843. The number of esters is 1. The molecule has 0 spiro atoms. The van der Waals surface area contributed by atoms with Crippen LogP contribution in [0.1, 0.15) is 10.4 Å². The second kappa shape index (κ2) is 5.85. The van der Waals surface area contributed by atoms with Crippen molar-refractivity contribution >= 4 is 16.7 Å². The second-order valence-electron chi connectivity index (χ2n) is 4.79. The molecule has 3 rings (SSSR count). The van der Waals surface area contributed by atoms with Crippen molar-refractivity contribution in [3.05, 3.63) is 60.3 Å². The molecule has 0 aliphatic carbocycles. The fourth-order valence-corrected chi connectivity index (χ4v) is 2.51. The summed E-state index contributed by atoms with van der Waals surface area (Å²) in [5.74, 6) is 0.202. The Morgan fingerprint density at radius 3 is 2.59 bits per heavy atom. The first-order valence-corrected chi connectivity index (χ1v) is 6.85. The number of nitrogens with zero attached hydrogens (tertiary/aromatic N) is 1. The van der Waals surface area contributed by atoms with Gasteiger partial charge >= 0.3 is 5.97 Å². The number of benzene rings is 2. The number of hydrogen-bond donors (Lipinski definition) is 0. The summed E-state index contributed by atoms with van der Waals surface area (Å²) < 4.78 is 10.1. The molecule has 3 aromatic rings. The molecule has 0 saturated heterocycles. The minimum absolute atomic E-state index is 0.352. The molecule has 0 aliphatic rings. The normalized spacial score (nSPS) is 10.5. The molecule has 0 radical (unpaired) electrons. The van der Waals surface area contributed by atoms with Gasteiger partial charge in [-0.05, 0) is 40.6 Å². The first-order chi connectivity index (χ1) is 10.7. The summed E-state index contributed by atoms with van der Waals surface area (Å²) in [4.78, 5) is 16.0. The Labute approximate surface area is 128 Å². The molecule has 0 N–H and O–H groups in total. The third-order valence-corrected chi connectivity index (χ3v) is 3.56. The number of carbonyl (C=O) groups excluding carboxylic acids is 1. The van der Waals surface area contributed by atoms with Gasteiger partial charge in [-0.25, -0.2) is 9.78 Å². The number of carbonyl (C=O) groups is 1. The Hall–Kier alpha value is -2.88. The second-order valence-corrected chi connectivity index (χ2v) is 4.79. The molecule has 0 fully saturated rings. The van der Waals surface area contributed by atoms with Gasteiger partial charge in [-0.1, -0.05) is 24.3 Å². The van der Waals surface area contributed by atoms with E-state index in [9.17, 15) is 4.79 Å². The van der Waals surface area contributed by atoms with Gasteiger partial charge in [0.2, 0.25) is 5.88 Å². The van der Waals surface area contributed by atoms with Gasteiger partial charge in [0.05, 0.1) is 19.8 Å². The summed E-state index contributed by atoms with van der Waals surface area (Å²) in [6.07, 6.45) is 1.69. The van der Waals surface area contributed by atoms with E-state index in [2.05, 4.69) is 4.98 Å². The van der Waals surface area contributed by atoms with Crippen LogP contribution in [-0.4, -0.2) is 25.2 Å². The highest BCUT2D eigenvalue weighted by molar-refractivity contribution is 6.02. The lowest BCUT2D eigenvalue weighted by Gasteiger charge is -2.11. The third-order valence-electron chi connectivity index (χ3n) is 3.56. The predicted octanol–water partition coefficient (Wildman–Crippen LogP) is 3.70. The SMILES string of the molecule is COC(=O)c1ccc2cccc(-c3cccnc3OC)c2c1. The molecule has 4 nitrogen and oxygen atoms in total. The van der Waals surface area contributed by atoms with Crippen molar-refractivity contribution in [1.29, 1.82) is 0 Å². The van der Waals surface area contributed by atoms with Crippen molar-refractivity contribution in [3.8, 4) is 17.0 Å². The molecule has 1 aromatic heterocycles. The quantitative estimate of drug-likeness (QED) is 0.691. The van der Waals surface area contributed by atoms with Crippen molar-refractivity contribution < 1.29 is 14.3 Å². The fraction of sp³-hybridized carbons (Fsp3) is 0.111. The molecular formula is C18H15NO3. The zero-order valence-electron chi connectivity index (χ0n) is 12.4. The van der Waals surface area contributed by atoms with E-state index in [1.807, 2.05) is 42.5 Å². The van der Waals surface area contributed by atoms with Crippen LogP contribution in [-0.2, 0) is 4.74 Å². The number of pyridine rings is 1. The van der Waals surface area contributed by atoms with Crippen molar-refractivity contribution in [3.63, 3.8) is 0 Å². The summed E-state index contributed by atoms with van der Waals surface area (Å²) in [5.41, 5.74) is 2.37. The van der Waals surface area contributed by atoms with Gasteiger partial charge in [-0.15, -0.1) is 0 Å². The van der Waals surface area contributed by atoms with E-state index in [1.165, 1.54) is 7.11 Å². The zero-order chi connectivity index (χ0) is 15.5. The topological polar surface area (TPSA) is 48.4 Å². The summed E-state index contributed by atoms with van der Waals surface area (Å²) in [6.45, 7) is 0. The highest BCUT2D eigenvalue weighted by Crippen LogP contribution is 2.34. The summed E-state index contributed by atoms with van der Waals surface area (Å²) in [7, 11) is 2.97. The maximum Gasteiger partial charge on any atom is 0.337 e. The largest absolute Gasteiger partial charge is 0.481 e. The van der Waals surface area contributed by atoms with E-state index in [0.29, 0.717) is 11.4 Å². The van der Waals surface area contributed by atoms with Crippen LogP contribution in [0.2, 0.25) is 0 Å². The molecule has 110 valence electrons. The molecule has 1 heterocycles. The smallest absolute Gasteiger partial charge is 0.337 e. The Kier molecular flexibility index (Phi) is 3.74. The van der Waals surface area contributed by atoms with Gasteiger partial charge < -0.3 is 9.47 Å². The average Bonchev–Trinajstić information content (AvgIpc) is 2.60. The van der Waals surface area contributed by atoms with E-state index in [0.717, 1.165) is 21.9 Å². The van der Waals surface area contributed by atoms with Crippen LogP contribution < -0.4 is 4.74 Å². The minimum Gasteiger partial charge on any atom is -0.481 e. The average molecular weight is 293 g/mol. The van der Waals surface area contributed by atoms with Gasteiger partial charge in [0.1, 0.15) is 0 Å². The van der Waals surface area contributed by atoms with E-state index in [-0.39, 0.29) is 5.97 Å². The first-order valence-electron chi connectivity index (χ1n) is 6.85. The molecule has 22 heavy (non-hydrogen) atoms. The van der Waals surface area contributed by atoms with Gasteiger partial charge in [-0.3, -0.25) is 0 Å².